The van der Waals surface area contributed by atoms with Gasteiger partial charge in [-0.1, -0.05) is 12.2 Å². The van der Waals surface area contributed by atoms with E-state index in [4.69, 9.17) is 12.2 Å². The van der Waals surface area contributed by atoms with Crippen molar-refractivity contribution in [1.82, 2.24) is 5.32 Å². The van der Waals surface area contributed by atoms with Gasteiger partial charge in [-0.25, -0.2) is 0 Å². The quantitative estimate of drug-likeness (QED) is 0.561. The lowest BCUT2D eigenvalue weighted by atomic mass is 10.1. The molecule has 1 aliphatic rings. The monoisotopic (exact) mass is 207 g/mol. The Morgan fingerprint density at radius 1 is 1.55 bits per heavy atom. The summed E-state index contributed by atoms with van der Waals surface area (Å²) in [5.74, 6) is 0.606. The topological polar surface area (TPSA) is 12.0 Å². The number of nitrogens with one attached hydrogen (secondary N) is 1. The summed E-state index contributed by atoms with van der Waals surface area (Å²) >= 11 is 9.02. The second kappa shape index (κ2) is 4.58. The van der Waals surface area contributed by atoms with Crippen LogP contribution in [0.4, 0.5) is 0 Å². The molecule has 1 rings (SSSR count). The molecule has 11 heavy (non-hydrogen) atoms. The van der Waals surface area contributed by atoms with E-state index in [0.29, 0.717) is 10.5 Å². The second-order valence-electron chi connectivity index (χ2n) is 2.53. The Morgan fingerprint density at radius 2 is 2.18 bits per heavy atom. The van der Waals surface area contributed by atoms with Crippen molar-refractivity contribution in [1.29, 1.82) is 0 Å². The molecule has 0 radical (unpaired) electrons. The third-order valence-corrected chi connectivity index (χ3v) is 5.07. The van der Waals surface area contributed by atoms with Crippen LogP contribution in [0.2, 0.25) is 0 Å². The lowest BCUT2D eigenvalue weighted by Gasteiger charge is -2.17. The zero-order chi connectivity index (χ0) is 8.27. The highest BCUT2D eigenvalue weighted by Gasteiger charge is 2.27. The number of rotatable bonds is 3. The van der Waals surface area contributed by atoms with E-state index in [1.165, 1.54) is 6.42 Å². The summed E-state index contributed by atoms with van der Waals surface area (Å²) in [4.78, 5) is 1.07. The molecule has 4 heteroatoms. The fraction of sp³-hybridized carbons (Fsp3) is 0.857. The van der Waals surface area contributed by atoms with Crippen molar-refractivity contribution in [2.75, 3.05) is 19.1 Å². The minimum absolute atomic E-state index is 0.606. The summed E-state index contributed by atoms with van der Waals surface area (Å²) in [5, 5.41) is 3.22. The van der Waals surface area contributed by atoms with Gasteiger partial charge in [-0.3, -0.25) is 0 Å². The molecule has 1 nitrogen and oxygen atoms in total. The second-order valence-corrected chi connectivity index (χ2v) is 5.22. The molecule has 1 N–H and O–H groups in total. The molecular weight excluding hydrogens is 194 g/mol. The Balaban J connectivity index is 2.49. The zero-order valence-corrected chi connectivity index (χ0v) is 9.24. The van der Waals surface area contributed by atoms with E-state index in [1.807, 2.05) is 23.5 Å². The predicted octanol–water partition coefficient (Wildman–Crippen LogP) is 1.98. The number of thiocarbonyl (C=S) groups is 1. The summed E-state index contributed by atoms with van der Waals surface area (Å²) in [6.45, 7) is 1.07. The third kappa shape index (κ3) is 2.26. The number of hydrogen-bond acceptors (Lipinski definition) is 3. The molecule has 0 amide bonds. The molecule has 1 fully saturated rings. The van der Waals surface area contributed by atoms with Gasteiger partial charge >= 0.3 is 0 Å². The summed E-state index contributed by atoms with van der Waals surface area (Å²) in [7, 11) is 0. The van der Waals surface area contributed by atoms with Crippen molar-refractivity contribution in [3.63, 3.8) is 0 Å². The van der Waals surface area contributed by atoms with Crippen molar-refractivity contribution in [2.24, 2.45) is 5.92 Å². The molecule has 0 bridgehead atoms. The highest BCUT2D eigenvalue weighted by molar-refractivity contribution is 8.16. The first kappa shape index (κ1) is 9.68. The van der Waals surface area contributed by atoms with Crippen LogP contribution in [0.3, 0.4) is 0 Å². The lowest BCUT2D eigenvalue weighted by molar-refractivity contribution is 0.749. The molecule has 1 aliphatic heterocycles. The smallest absolute Gasteiger partial charge is 0.0805 e. The number of thioether (sulfide) groups is 2. The first-order valence-electron chi connectivity index (χ1n) is 3.63. The van der Waals surface area contributed by atoms with Crippen molar-refractivity contribution < 1.29 is 0 Å². The Morgan fingerprint density at radius 3 is 2.55 bits per heavy atom. The van der Waals surface area contributed by atoms with Gasteiger partial charge in [0.2, 0.25) is 0 Å². The molecule has 1 atom stereocenters. The highest BCUT2D eigenvalue weighted by atomic mass is 32.2. The molecule has 1 heterocycles. The highest BCUT2D eigenvalue weighted by Crippen LogP contribution is 2.31. The van der Waals surface area contributed by atoms with E-state index in [0.717, 1.165) is 11.5 Å². The zero-order valence-electron chi connectivity index (χ0n) is 6.79. The van der Waals surface area contributed by atoms with Gasteiger partial charge in [0.1, 0.15) is 0 Å². The van der Waals surface area contributed by atoms with E-state index in [2.05, 4.69) is 17.8 Å². The summed E-state index contributed by atoms with van der Waals surface area (Å²) in [5.41, 5.74) is 0. The molecule has 64 valence electrons. The van der Waals surface area contributed by atoms with Gasteiger partial charge in [-0.05, 0) is 18.9 Å². The van der Waals surface area contributed by atoms with Crippen LogP contribution in [0.15, 0.2) is 0 Å². The van der Waals surface area contributed by atoms with Gasteiger partial charge < -0.3 is 5.32 Å². The first-order chi connectivity index (χ1) is 5.29. The molecule has 1 saturated heterocycles. The minimum Gasteiger partial charge on any atom is -0.379 e. The van der Waals surface area contributed by atoms with E-state index in [-0.39, 0.29) is 0 Å². The van der Waals surface area contributed by atoms with Crippen molar-refractivity contribution >= 4 is 40.7 Å². The predicted molar refractivity (Wildman–Crippen MR) is 59.5 cm³/mol. The first-order valence-corrected chi connectivity index (χ1v) is 6.61. The van der Waals surface area contributed by atoms with Crippen LogP contribution in [0.25, 0.3) is 0 Å². The number of hydrogen-bond donors (Lipinski definition) is 1. The molecule has 1 unspecified atom stereocenters. The SMILES string of the molecule is CSC(SC)C1CCNC1=S. The van der Waals surface area contributed by atoms with Crippen LogP contribution >= 0.6 is 35.7 Å². The maximum absolute atomic E-state index is 5.21. The van der Waals surface area contributed by atoms with E-state index < -0.39 is 0 Å². The lowest BCUT2D eigenvalue weighted by Crippen LogP contribution is -2.22. The van der Waals surface area contributed by atoms with Crippen molar-refractivity contribution in [3.05, 3.63) is 0 Å². The van der Waals surface area contributed by atoms with Gasteiger partial charge in [0.15, 0.2) is 0 Å². The average molecular weight is 207 g/mol. The Bertz CT molecular complexity index is 145. The van der Waals surface area contributed by atoms with E-state index in [1.54, 1.807) is 0 Å². The summed E-state index contributed by atoms with van der Waals surface area (Å²) in [6, 6.07) is 0. The Labute approximate surface area is 82.1 Å². The van der Waals surface area contributed by atoms with Crippen LogP contribution < -0.4 is 5.32 Å². The fourth-order valence-corrected chi connectivity index (χ4v) is 3.80. The van der Waals surface area contributed by atoms with Crippen molar-refractivity contribution in [3.8, 4) is 0 Å². The van der Waals surface area contributed by atoms with Gasteiger partial charge in [-0.2, -0.15) is 23.5 Å². The largest absolute Gasteiger partial charge is 0.379 e. The molecule has 0 aromatic heterocycles. The Hall–Kier alpha value is 0.590. The maximum atomic E-state index is 5.21. The molecule has 0 aromatic carbocycles. The van der Waals surface area contributed by atoms with Gasteiger partial charge in [0.25, 0.3) is 0 Å². The fourth-order valence-electron chi connectivity index (χ4n) is 1.30. The van der Waals surface area contributed by atoms with Crippen LogP contribution in [0, 0.1) is 5.92 Å². The molecule has 0 saturated carbocycles. The summed E-state index contributed by atoms with van der Waals surface area (Å²) < 4.78 is 0.650. The van der Waals surface area contributed by atoms with Crippen LogP contribution in [-0.2, 0) is 0 Å². The average Bonchev–Trinajstić information content (AvgIpc) is 2.40. The van der Waals surface area contributed by atoms with Crippen molar-refractivity contribution in [2.45, 2.75) is 11.0 Å². The van der Waals surface area contributed by atoms with Crippen LogP contribution in [0.5, 0.6) is 0 Å². The van der Waals surface area contributed by atoms with E-state index in [9.17, 15) is 0 Å². The molecule has 0 aromatic rings. The van der Waals surface area contributed by atoms with Gasteiger partial charge in [0.05, 0.1) is 9.57 Å². The van der Waals surface area contributed by atoms with Gasteiger partial charge in [0, 0.05) is 12.5 Å². The molecule has 0 aliphatic carbocycles. The summed E-state index contributed by atoms with van der Waals surface area (Å²) in [6.07, 6.45) is 5.52. The molecular formula is C7H13NS3. The third-order valence-electron chi connectivity index (χ3n) is 1.88. The van der Waals surface area contributed by atoms with Crippen LogP contribution in [0.1, 0.15) is 6.42 Å². The Kier molecular flexibility index (Phi) is 4.02. The van der Waals surface area contributed by atoms with E-state index >= 15 is 0 Å². The van der Waals surface area contributed by atoms with Gasteiger partial charge in [-0.15, -0.1) is 0 Å². The van der Waals surface area contributed by atoms with Crippen LogP contribution in [-0.4, -0.2) is 28.6 Å². The maximum Gasteiger partial charge on any atom is 0.0805 e. The molecule has 0 spiro atoms. The normalized spacial score (nSPS) is 24.3. The minimum atomic E-state index is 0.606. The standard InChI is InChI=1S/C7H13NS3/c1-10-7(11-2)5-3-4-8-6(5)9/h5,7H,3-4H2,1-2H3,(H,8,9).